The van der Waals surface area contributed by atoms with Crippen LogP contribution in [0.15, 0.2) is 0 Å². The molecule has 0 amide bonds. The molecule has 32 heavy (non-hydrogen) atoms. The molecular formula is C27H52O5. The first-order valence-corrected chi connectivity index (χ1v) is 13.8. The van der Waals surface area contributed by atoms with E-state index < -0.39 is 6.29 Å². The Labute approximate surface area is 198 Å². The Balaban J connectivity index is 1.81. The van der Waals surface area contributed by atoms with Crippen LogP contribution in [0, 0.1) is 0 Å². The third-order valence-electron chi connectivity index (χ3n) is 6.35. The normalized spacial score (nSPS) is 19.4. The van der Waals surface area contributed by atoms with Crippen LogP contribution in [0.1, 0.15) is 135 Å². The molecule has 1 N–H and O–H groups in total. The smallest absolute Gasteiger partial charge is 0.158 e. The van der Waals surface area contributed by atoms with Gasteiger partial charge in [-0.25, -0.2) is 0 Å². The molecule has 1 rings (SSSR count). The maximum Gasteiger partial charge on any atom is 0.158 e. The van der Waals surface area contributed by atoms with Crippen molar-refractivity contribution in [3.63, 3.8) is 0 Å². The van der Waals surface area contributed by atoms with Gasteiger partial charge < -0.3 is 24.1 Å². The molecule has 0 bridgehead atoms. The third kappa shape index (κ3) is 18.0. The summed E-state index contributed by atoms with van der Waals surface area (Å²) in [5, 5.41) is 9.82. The van der Waals surface area contributed by atoms with Crippen molar-refractivity contribution in [1.29, 1.82) is 0 Å². The van der Waals surface area contributed by atoms with Crippen LogP contribution in [0.4, 0.5) is 0 Å². The largest absolute Gasteiger partial charge is 0.368 e. The van der Waals surface area contributed by atoms with Crippen molar-refractivity contribution in [2.45, 2.75) is 154 Å². The van der Waals surface area contributed by atoms with Crippen LogP contribution in [-0.4, -0.2) is 43.3 Å². The van der Waals surface area contributed by atoms with E-state index in [0.29, 0.717) is 26.1 Å². The van der Waals surface area contributed by atoms with Gasteiger partial charge in [-0.15, -0.1) is 0 Å². The van der Waals surface area contributed by atoms with Crippen molar-refractivity contribution in [2.24, 2.45) is 0 Å². The number of aldehydes is 1. The average Bonchev–Trinajstić information content (AvgIpc) is 3.25. The van der Waals surface area contributed by atoms with Gasteiger partial charge in [0, 0.05) is 6.42 Å². The molecule has 1 unspecified atom stereocenters. The lowest BCUT2D eigenvalue weighted by molar-refractivity contribution is -0.136. The Morgan fingerprint density at radius 2 is 1.41 bits per heavy atom. The fourth-order valence-corrected chi connectivity index (χ4v) is 4.28. The van der Waals surface area contributed by atoms with E-state index in [1.165, 1.54) is 89.9 Å². The number of rotatable bonds is 24. The Bertz CT molecular complexity index is 404. The third-order valence-corrected chi connectivity index (χ3v) is 6.35. The Kier molecular flexibility index (Phi) is 20.6. The average molecular weight is 457 g/mol. The number of carbonyl (C=O) groups excluding carboxylic acids is 1. The first-order valence-electron chi connectivity index (χ1n) is 13.8. The number of carbonyl (C=O) groups is 1. The van der Waals surface area contributed by atoms with Gasteiger partial charge >= 0.3 is 0 Å². The van der Waals surface area contributed by atoms with E-state index in [9.17, 15) is 9.90 Å². The van der Waals surface area contributed by atoms with Gasteiger partial charge in [-0.3, -0.25) is 0 Å². The number of ether oxygens (including phenoxy) is 3. The maximum absolute atomic E-state index is 10.3. The molecule has 190 valence electrons. The van der Waals surface area contributed by atoms with Crippen LogP contribution in [0.3, 0.4) is 0 Å². The Morgan fingerprint density at radius 1 is 0.844 bits per heavy atom. The number of unbranched alkanes of at least 4 members (excludes halogenated alkanes) is 16. The lowest BCUT2D eigenvalue weighted by atomic mass is 10.0. The second kappa shape index (κ2) is 22.3. The first-order chi connectivity index (χ1) is 15.8. The van der Waals surface area contributed by atoms with Crippen LogP contribution in [0.2, 0.25) is 0 Å². The minimum Gasteiger partial charge on any atom is -0.368 e. The minimum atomic E-state index is -0.778. The van der Waals surface area contributed by atoms with E-state index >= 15 is 0 Å². The molecule has 5 nitrogen and oxygen atoms in total. The zero-order chi connectivity index (χ0) is 23.1. The van der Waals surface area contributed by atoms with Crippen LogP contribution in [-0.2, 0) is 19.0 Å². The topological polar surface area (TPSA) is 65.0 Å². The van der Waals surface area contributed by atoms with Crippen LogP contribution >= 0.6 is 0 Å². The highest BCUT2D eigenvalue weighted by molar-refractivity contribution is 5.48. The molecule has 3 atom stereocenters. The molecule has 1 saturated heterocycles. The van der Waals surface area contributed by atoms with Crippen molar-refractivity contribution < 1.29 is 24.1 Å². The van der Waals surface area contributed by atoms with E-state index in [1.54, 1.807) is 0 Å². The molecule has 5 heteroatoms. The van der Waals surface area contributed by atoms with Gasteiger partial charge in [0.1, 0.15) is 12.4 Å². The molecule has 1 aliphatic rings. The summed E-state index contributed by atoms with van der Waals surface area (Å²) in [6.45, 7) is 3.19. The van der Waals surface area contributed by atoms with E-state index in [4.69, 9.17) is 14.2 Å². The second-order valence-corrected chi connectivity index (χ2v) is 9.50. The van der Waals surface area contributed by atoms with Gasteiger partial charge in [-0.05, 0) is 32.1 Å². The quantitative estimate of drug-likeness (QED) is 0.0954. The summed E-state index contributed by atoms with van der Waals surface area (Å²) in [5.74, 6) is 0. The van der Waals surface area contributed by atoms with Crippen molar-refractivity contribution in [3.05, 3.63) is 0 Å². The monoisotopic (exact) mass is 456 g/mol. The minimum absolute atomic E-state index is 0.0824. The number of aliphatic hydroxyl groups excluding tert-OH is 1. The lowest BCUT2D eigenvalue weighted by Gasteiger charge is -2.15. The van der Waals surface area contributed by atoms with E-state index in [1.807, 2.05) is 0 Å². The summed E-state index contributed by atoms with van der Waals surface area (Å²) in [6, 6.07) is 0. The molecular weight excluding hydrogens is 404 g/mol. The summed E-state index contributed by atoms with van der Waals surface area (Å²) in [7, 11) is 0. The highest BCUT2D eigenvalue weighted by atomic mass is 16.7. The fraction of sp³-hybridized carbons (Fsp3) is 0.963. The Morgan fingerprint density at radius 3 is 1.97 bits per heavy atom. The Hall–Kier alpha value is -0.490. The first kappa shape index (κ1) is 29.5. The molecule has 0 aromatic rings. The summed E-state index contributed by atoms with van der Waals surface area (Å²) in [5.41, 5.74) is 0. The van der Waals surface area contributed by atoms with Gasteiger partial charge in [-0.2, -0.15) is 0 Å². The van der Waals surface area contributed by atoms with Crippen molar-refractivity contribution in [1.82, 2.24) is 0 Å². The van der Waals surface area contributed by atoms with Gasteiger partial charge in [0.05, 0.1) is 13.2 Å². The molecule has 0 radical (unpaired) electrons. The highest BCUT2D eigenvalue weighted by Gasteiger charge is 2.26. The summed E-state index contributed by atoms with van der Waals surface area (Å²) < 4.78 is 17.0. The summed E-state index contributed by atoms with van der Waals surface area (Å²) in [4.78, 5) is 10.3. The van der Waals surface area contributed by atoms with Crippen LogP contribution < -0.4 is 0 Å². The molecule has 0 aromatic heterocycles. The predicted octanol–water partition coefficient (Wildman–Crippen LogP) is 7.08. The number of hydrogen-bond donors (Lipinski definition) is 1. The van der Waals surface area contributed by atoms with Crippen molar-refractivity contribution >= 4 is 6.29 Å². The van der Waals surface area contributed by atoms with Gasteiger partial charge in [0.2, 0.25) is 0 Å². The SMILES string of the molecule is CCCCCCCCCCCCCCCCC[C@@H]1OC[C@@H](COC(O)CCCCC=O)O1. The second-order valence-electron chi connectivity index (χ2n) is 9.50. The van der Waals surface area contributed by atoms with Gasteiger partial charge in [0.15, 0.2) is 12.6 Å². The summed E-state index contributed by atoms with van der Waals surface area (Å²) >= 11 is 0. The van der Waals surface area contributed by atoms with E-state index in [-0.39, 0.29) is 12.4 Å². The molecule has 0 aliphatic carbocycles. The van der Waals surface area contributed by atoms with E-state index in [0.717, 1.165) is 32.0 Å². The zero-order valence-electron chi connectivity index (χ0n) is 20.9. The molecule has 1 aliphatic heterocycles. The lowest BCUT2D eigenvalue weighted by Crippen LogP contribution is -2.23. The zero-order valence-corrected chi connectivity index (χ0v) is 20.9. The van der Waals surface area contributed by atoms with E-state index in [2.05, 4.69) is 6.92 Å². The standard InChI is InChI=1S/C27H52O5/c1-2-3-4-5-6-7-8-9-10-11-12-13-14-15-18-21-27-31-24-25(32-27)23-30-26(29)20-17-16-19-22-28/h22,25-27,29H,2-21,23-24H2,1H3/t25-,26?,27-/m1/s1. The van der Waals surface area contributed by atoms with Crippen LogP contribution in [0.25, 0.3) is 0 Å². The molecule has 1 heterocycles. The number of aliphatic hydroxyl groups is 1. The number of hydrogen-bond acceptors (Lipinski definition) is 5. The maximum atomic E-state index is 10.3. The fourth-order valence-electron chi connectivity index (χ4n) is 4.28. The van der Waals surface area contributed by atoms with Gasteiger partial charge in [-0.1, -0.05) is 96.8 Å². The molecule has 1 fully saturated rings. The van der Waals surface area contributed by atoms with Crippen molar-refractivity contribution in [2.75, 3.05) is 13.2 Å². The van der Waals surface area contributed by atoms with Gasteiger partial charge in [0.25, 0.3) is 0 Å². The molecule has 0 spiro atoms. The summed E-state index contributed by atoms with van der Waals surface area (Å²) in [6.07, 6.45) is 24.2. The molecule has 0 saturated carbocycles. The van der Waals surface area contributed by atoms with Crippen LogP contribution in [0.5, 0.6) is 0 Å². The predicted molar refractivity (Wildman–Crippen MR) is 131 cm³/mol. The molecule has 0 aromatic carbocycles. The van der Waals surface area contributed by atoms with Crippen molar-refractivity contribution in [3.8, 4) is 0 Å². The highest BCUT2D eigenvalue weighted by Crippen LogP contribution is 2.19.